The molecule has 0 aliphatic rings. The summed E-state index contributed by atoms with van der Waals surface area (Å²) in [6, 6.07) is 17.0. The number of hydrogen-bond acceptors (Lipinski definition) is 1. The molecule has 0 heterocycles. The molecule has 0 spiro atoms. The third-order valence-electron chi connectivity index (χ3n) is 2.91. The van der Waals surface area contributed by atoms with Gasteiger partial charge in [-0.15, -0.1) is 0 Å². The number of amides is 1. The summed E-state index contributed by atoms with van der Waals surface area (Å²) in [5.41, 5.74) is 2.67. The van der Waals surface area contributed by atoms with Crippen molar-refractivity contribution in [2.75, 3.05) is 11.9 Å². The molecule has 0 aromatic heterocycles. The maximum absolute atomic E-state index is 12.0. The van der Waals surface area contributed by atoms with E-state index in [1.807, 2.05) is 54.6 Å². The fourth-order valence-electron chi connectivity index (χ4n) is 1.68. The molecule has 2 nitrogen and oxygen atoms in total. The molecule has 2 heteroatoms. The summed E-state index contributed by atoms with van der Waals surface area (Å²) in [6.07, 6.45) is 1.77. The molecule has 0 N–H and O–H groups in total. The molecule has 0 saturated heterocycles. The molecule has 2 aromatic carbocycles. The summed E-state index contributed by atoms with van der Waals surface area (Å²) < 4.78 is 0. The van der Waals surface area contributed by atoms with Crippen LogP contribution in [0.1, 0.15) is 11.1 Å². The lowest BCUT2D eigenvalue weighted by Crippen LogP contribution is -2.24. The van der Waals surface area contributed by atoms with E-state index in [0.717, 1.165) is 16.8 Å². The van der Waals surface area contributed by atoms with Crippen LogP contribution in [0.3, 0.4) is 0 Å². The van der Waals surface area contributed by atoms with E-state index in [1.54, 1.807) is 13.1 Å². The Labute approximate surface area is 119 Å². The average Bonchev–Trinajstić information content (AvgIpc) is 2.53. The topological polar surface area (TPSA) is 20.3 Å². The Morgan fingerprint density at radius 3 is 2.35 bits per heavy atom. The van der Waals surface area contributed by atoms with Gasteiger partial charge in [0.1, 0.15) is 0 Å². The average molecular weight is 261 g/mol. The van der Waals surface area contributed by atoms with Crippen molar-refractivity contribution in [2.45, 2.75) is 0 Å². The van der Waals surface area contributed by atoms with Crippen LogP contribution in [-0.2, 0) is 4.79 Å². The molecule has 0 bridgehead atoms. The van der Waals surface area contributed by atoms with Gasteiger partial charge in [0.2, 0.25) is 0 Å². The van der Waals surface area contributed by atoms with Gasteiger partial charge in [-0.3, -0.25) is 4.79 Å². The highest BCUT2D eigenvalue weighted by Gasteiger charge is 2.06. The second-order valence-electron chi connectivity index (χ2n) is 4.28. The Bertz CT molecular complexity index is 660. The van der Waals surface area contributed by atoms with E-state index in [9.17, 15) is 4.79 Å². The normalized spacial score (nSPS) is 9.25. The zero-order chi connectivity index (χ0) is 14.4. The van der Waals surface area contributed by atoms with Crippen molar-refractivity contribution in [3.63, 3.8) is 0 Å². The SMILES string of the molecule is C=Cc1ccc(C#CC(=O)N(C)c2ccccc2)cc1. The molecule has 0 aliphatic heterocycles. The van der Waals surface area contributed by atoms with Gasteiger partial charge in [0.25, 0.3) is 0 Å². The molecule has 1 amide bonds. The highest BCUT2D eigenvalue weighted by molar-refractivity contribution is 6.05. The van der Waals surface area contributed by atoms with Crippen molar-refractivity contribution in [2.24, 2.45) is 0 Å². The number of para-hydroxylation sites is 1. The third-order valence-corrected chi connectivity index (χ3v) is 2.91. The summed E-state index contributed by atoms with van der Waals surface area (Å²) in [4.78, 5) is 13.5. The number of rotatable bonds is 2. The standard InChI is InChI=1S/C18H15NO/c1-3-15-9-11-16(12-10-15)13-14-18(20)19(2)17-7-5-4-6-8-17/h3-12H,1H2,2H3. The smallest absolute Gasteiger partial charge is 0.302 e. The Balaban J connectivity index is 2.11. The molecule has 0 unspecified atom stereocenters. The zero-order valence-electron chi connectivity index (χ0n) is 11.3. The largest absolute Gasteiger partial charge is 0.305 e. The minimum absolute atomic E-state index is 0.232. The summed E-state index contributed by atoms with van der Waals surface area (Å²) in [7, 11) is 1.72. The van der Waals surface area contributed by atoms with Crippen molar-refractivity contribution in [3.05, 3.63) is 72.3 Å². The summed E-state index contributed by atoms with van der Waals surface area (Å²) in [6.45, 7) is 3.69. The van der Waals surface area contributed by atoms with Gasteiger partial charge in [0.15, 0.2) is 0 Å². The van der Waals surface area contributed by atoms with Crippen molar-refractivity contribution >= 4 is 17.7 Å². The van der Waals surface area contributed by atoms with Crippen LogP contribution in [0.2, 0.25) is 0 Å². The predicted molar refractivity (Wildman–Crippen MR) is 83.3 cm³/mol. The van der Waals surface area contributed by atoms with E-state index < -0.39 is 0 Å². The summed E-state index contributed by atoms with van der Waals surface area (Å²) in [5, 5.41) is 0. The van der Waals surface area contributed by atoms with Crippen LogP contribution in [0.25, 0.3) is 6.08 Å². The van der Waals surface area contributed by atoms with Gasteiger partial charge in [0.05, 0.1) is 0 Å². The number of hydrogen-bond donors (Lipinski definition) is 0. The molecule has 0 radical (unpaired) electrons. The number of nitrogens with zero attached hydrogens (tertiary/aromatic N) is 1. The van der Waals surface area contributed by atoms with Crippen LogP contribution in [0.5, 0.6) is 0 Å². The Morgan fingerprint density at radius 1 is 1.10 bits per heavy atom. The van der Waals surface area contributed by atoms with Gasteiger partial charge in [-0.05, 0) is 29.8 Å². The van der Waals surface area contributed by atoms with Crippen LogP contribution in [0, 0.1) is 11.8 Å². The second-order valence-corrected chi connectivity index (χ2v) is 4.28. The number of benzene rings is 2. The molecular formula is C18H15NO. The van der Waals surface area contributed by atoms with Gasteiger partial charge in [-0.25, -0.2) is 0 Å². The van der Waals surface area contributed by atoms with E-state index >= 15 is 0 Å². The first-order valence-electron chi connectivity index (χ1n) is 6.28. The fourth-order valence-corrected chi connectivity index (χ4v) is 1.68. The van der Waals surface area contributed by atoms with Crippen LogP contribution < -0.4 is 4.90 Å². The lowest BCUT2D eigenvalue weighted by molar-refractivity contribution is -0.113. The Morgan fingerprint density at radius 2 is 1.75 bits per heavy atom. The Hall–Kier alpha value is -2.79. The number of anilines is 1. The molecule has 0 atom stereocenters. The Kier molecular flexibility index (Phi) is 4.36. The number of carbonyl (C=O) groups is 1. The van der Waals surface area contributed by atoms with Gasteiger partial charge >= 0.3 is 5.91 Å². The van der Waals surface area contributed by atoms with Crippen molar-refractivity contribution < 1.29 is 4.79 Å². The fraction of sp³-hybridized carbons (Fsp3) is 0.0556. The maximum atomic E-state index is 12.0. The summed E-state index contributed by atoms with van der Waals surface area (Å²) >= 11 is 0. The molecule has 0 saturated carbocycles. The van der Waals surface area contributed by atoms with E-state index in [0.29, 0.717) is 0 Å². The molecule has 20 heavy (non-hydrogen) atoms. The van der Waals surface area contributed by atoms with E-state index in [-0.39, 0.29) is 5.91 Å². The van der Waals surface area contributed by atoms with Crippen molar-refractivity contribution in [3.8, 4) is 11.8 Å². The minimum atomic E-state index is -0.232. The predicted octanol–water partition coefficient (Wildman–Crippen LogP) is 3.34. The minimum Gasteiger partial charge on any atom is -0.305 e. The van der Waals surface area contributed by atoms with Crippen LogP contribution in [-0.4, -0.2) is 13.0 Å². The highest BCUT2D eigenvalue weighted by Crippen LogP contribution is 2.10. The molecule has 2 aromatic rings. The molecule has 0 fully saturated rings. The number of carbonyl (C=O) groups excluding carboxylic acids is 1. The first-order valence-corrected chi connectivity index (χ1v) is 6.28. The maximum Gasteiger partial charge on any atom is 0.302 e. The lowest BCUT2D eigenvalue weighted by Gasteiger charge is -2.13. The van der Waals surface area contributed by atoms with Crippen molar-refractivity contribution in [1.82, 2.24) is 0 Å². The monoisotopic (exact) mass is 261 g/mol. The van der Waals surface area contributed by atoms with Gasteiger partial charge in [0, 0.05) is 24.2 Å². The quantitative estimate of drug-likeness (QED) is 0.759. The van der Waals surface area contributed by atoms with Crippen molar-refractivity contribution in [1.29, 1.82) is 0 Å². The van der Waals surface area contributed by atoms with Gasteiger partial charge < -0.3 is 4.90 Å². The highest BCUT2D eigenvalue weighted by atomic mass is 16.2. The first-order chi connectivity index (χ1) is 9.70. The zero-order valence-corrected chi connectivity index (χ0v) is 11.3. The van der Waals surface area contributed by atoms with Gasteiger partial charge in [-0.1, -0.05) is 48.9 Å². The molecular weight excluding hydrogens is 246 g/mol. The molecule has 98 valence electrons. The third kappa shape index (κ3) is 3.37. The second kappa shape index (κ2) is 6.40. The van der Waals surface area contributed by atoms with Crippen LogP contribution in [0.15, 0.2) is 61.2 Å². The summed E-state index contributed by atoms with van der Waals surface area (Å²) in [5.74, 6) is 5.28. The lowest BCUT2D eigenvalue weighted by atomic mass is 10.1. The van der Waals surface area contributed by atoms with E-state index in [2.05, 4.69) is 18.4 Å². The van der Waals surface area contributed by atoms with Crippen LogP contribution >= 0.6 is 0 Å². The van der Waals surface area contributed by atoms with E-state index in [4.69, 9.17) is 0 Å². The van der Waals surface area contributed by atoms with Gasteiger partial charge in [-0.2, -0.15) is 0 Å². The molecule has 2 rings (SSSR count). The van der Waals surface area contributed by atoms with Crippen LogP contribution in [0.4, 0.5) is 5.69 Å². The van der Waals surface area contributed by atoms with E-state index in [1.165, 1.54) is 4.90 Å². The molecule has 0 aliphatic carbocycles. The first kappa shape index (κ1) is 13.6.